The molecule has 0 aromatic heterocycles. The topological polar surface area (TPSA) is 20.3 Å². The first-order chi connectivity index (χ1) is 8.20. The van der Waals surface area contributed by atoms with Crippen molar-refractivity contribution in [2.45, 2.75) is 39.0 Å². The van der Waals surface area contributed by atoms with Gasteiger partial charge in [-0.05, 0) is 31.4 Å². The molecule has 2 nitrogen and oxygen atoms in total. The lowest BCUT2D eigenvalue weighted by Gasteiger charge is -2.27. The highest BCUT2D eigenvalue weighted by Gasteiger charge is 2.25. The van der Waals surface area contributed by atoms with E-state index in [-0.39, 0.29) is 5.92 Å². The standard InChI is InChI=1S/C15H21NO/c1-12-8-6-7-11-14(12)16(2)15(17)13-9-4-3-5-10-13/h6-8,11,13H,3-5,9-10H2,1-2H3. The van der Waals surface area contributed by atoms with Gasteiger partial charge in [-0.25, -0.2) is 0 Å². The van der Waals surface area contributed by atoms with Gasteiger partial charge in [0.15, 0.2) is 0 Å². The van der Waals surface area contributed by atoms with Crippen LogP contribution >= 0.6 is 0 Å². The second kappa shape index (κ2) is 5.35. The molecule has 1 aromatic carbocycles. The number of carbonyl (C=O) groups excluding carboxylic acids is 1. The summed E-state index contributed by atoms with van der Waals surface area (Å²) in [6, 6.07) is 8.08. The lowest BCUT2D eigenvalue weighted by molar-refractivity contribution is -0.123. The maximum absolute atomic E-state index is 12.4. The number of carbonyl (C=O) groups is 1. The van der Waals surface area contributed by atoms with E-state index in [2.05, 4.69) is 13.0 Å². The van der Waals surface area contributed by atoms with Crippen molar-refractivity contribution in [1.29, 1.82) is 0 Å². The zero-order valence-corrected chi connectivity index (χ0v) is 10.8. The van der Waals surface area contributed by atoms with Crippen molar-refractivity contribution in [3.8, 4) is 0 Å². The highest BCUT2D eigenvalue weighted by molar-refractivity contribution is 5.95. The smallest absolute Gasteiger partial charge is 0.229 e. The number of benzene rings is 1. The first-order valence-corrected chi connectivity index (χ1v) is 6.53. The Hall–Kier alpha value is -1.31. The molecule has 17 heavy (non-hydrogen) atoms. The Balaban J connectivity index is 2.11. The van der Waals surface area contributed by atoms with Gasteiger partial charge in [0.25, 0.3) is 0 Å². The van der Waals surface area contributed by atoms with Crippen molar-refractivity contribution in [3.63, 3.8) is 0 Å². The van der Waals surface area contributed by atoms with Crippen molar-refractivity contribution in [1.82, 2.24) is 0 Å². The van der Waals surface area contributed by atoms with Crippen molar-refractivity contribution in [2.75, 3.05) is 11.9 Å². The maximum atomic E-state index is 12.4. The Kier molecular flexibility index (Phi) is 3.82. The molecular formula is C15H21NO. The fraction of sp³-hybridized carbons (Fsp3) is 0.533. The molecule has 1 amide bonds. The largest absolute Gasteiger partial charge is 0.315 e. The second-order valence-corrected chi connectivity index (χ2v) is 5.02. The molecule has 1 aliphatic rings. The van der Waals surface area contributed by atoms with Crippen LogP contribution in [0.1, 0.15) is 37.7 Å². The summed E-state index contributed by atoms with van der Waals surface area (Å²) in [4.78, 5) is 14.2. The van der Waals surface area contributed by atoms with Crippen LogP contribution in [0.15, 0.2) is 24.3 Å². The predicted octanol–water partition coefficient (Wildman–Crippen LogP) is 3.54. The summed E-state index contributed by atoms with van der Waals surface area (Å²) in [5.74, 6) is 0.535. The molecule has 0 spiro atoms. The summed E-state index contributed by atoms with van der Waals surface area (Å²) in [6.45, 7) is 2.06. The molecule has 0 bridgehead atoms. The first kappa shape index (κ1) is 12.2. The van der Waals surface area contributed by atoms with Crippen LogP contribution in [-0.4, -0.2) is 13.0 Å². The van der Waals surface area contributed by atoms with Gasteiger partial charge in [0, 0.05) is 18.7 Å². The molecule has 1 saturated carbocycles. The van der Waals surface area contributed by atoms with Gasteiger partial charge in [-0.15, -0.1) is 0 Å². The normalized spacial score (nSPS) is 16.8. The molecule has 0 unspecified atom stereocenters. The minimum atomic E-state index is 0.244. The van der Waals surface area contributed by atoms with E-state index in [9.17, 15) is 4.79 Å². The van der Waals surface area contributed by atoms with Crippen LogP contribution in [-0.2, 0) is 4.79 Å². The van der Waals surface area contributed by atoms with E-state index in [1.54, 1.807) is 0 Å². The van der Waals surface area contributed by atoms with E-state index >= 15 is 0 Å². The third kappa shape index (κ3) is 2.68. The summed E-state index contributed by atoms with van der Waals surface area (Å²) in [5.41, 5.74) is 2.21. The lowest BCUT2D eigenvalue weighted by atomic mass is 9.88. The number of aryl methyl sites for hydroxylation is 1. The molecule has 2 heteroatoms. The Morgan fingerprint density at radius 3 is 2.47 bits per heavy atom. The molecule has 1 aromatic rings. The molecule has 1 aliphatic carbocycles. The predicted molar refractivity (Wildman–Crippen MR) is 71.2 cm³/mol. The van der Waals surface area contributed by atoms with Gasteiger partial charge in [0.05, 0.1) is 0 Å². The SMILES string of the molecule is Cc1ccccc1N(C)C(=O)C1CCCCC1. The van der Waals surface area contributed by atoms with Crippen LogP contribution in [0.3, 0.4) is 0 Å². The number of para-hydroxylation sites is 1. The molecule has 1 fully saturated rings. The molecule has 0 atom stereocenters. The van der Waals surface area contributed by atoms with Gasteiger partial charge in [0.2, 0.25) is 5.91 Å². The fourth-order valence-electron chi connectivity index (χ4n) is 2.68. The zero-order valence-electron chi connectivity index (χ0n) is 10.8. The number of amides is 1. The summed E-state index contributed by atoms with van der Waals surface area (Å²) in [7, 11) is 1.90. The number of nitrogens with zero attached hydrogens (tertiary/aromatic N) is 1. The van der Waals surface area contributed by atoms with E-state index < -0.39 is 0 Å². The van der Waals surface area contributed by atoms with Crippen LogP contribution in [0.5, 0.6) is 0 Å². The van der Waals surface area contributed by atoms with Crippen molar-refractivity contribution >= 4 is 11.6 Å². The van der Waals surface area contributed by atoms with E-state index in [0.29, 0.717) is 5.91 Å². The van der Waals surface area contributed by atoms with Gasteiger partial charge in [0.1, 0.15) is 0 Å². The van der Waals surface area contributed by atoms with E-state index in [0.717, 1.165) is 18.5 Å². The number of anilines is 1. The third-order valence-corrected chi connectivity index (χ3v) is 3.76. The average molecular weight is 231 g/mol. The minimum absolute atomic E-state index is 0.244. The summed E-state index contributed by atoms with van der Waals surface area (Å²) in [6.07, 6.45) is 5.83. The van der Waals surface area contributed by atoms with Crippen LogP contribution in [0, 0.1) is 12.8 Å². The minimum Gasteiger partial charge on any atom is -0.315 e. The Labute approximate surface area is 104 Å². The Morgan fingerprint density at radius 2 is 1.82 bits per heavy atom. The molecule has 0 N–H and O–H groups in total. The zero-order chi connectivity index (χ0) is 12.3. The van der Waals surface area contributed by atoms with Crippen LogP contribution in [0.25, 0.3) is 0 Å². The molecular weight excluding hydrogens is 210 g/mol. The monoisotopic (exact) mass is 231 g/mol. The summed E-state index contributed by atoms with van der Waals surface area (Å²) in [5, 5.41) is 0. The number of rotatable bonds is 2. The van der Waals surface area contributed by atoms with Gasteiger partial charge in [-0.3, -0.25) is 4.79 Å². The quantitative estimate of drug-likeness (QED) is 0.762. The van der Waals surface area contributed by atoms with E-state index in [4.69, 9.17) is 0 Å². The lowest BCUT2D eigenvalue weighted by Crippen LogP contribution is -2.34. The Morgan fingerprint density at radius 1 is 1.18 bits per heavy atom. The van der Waals surface area contributed by atoms with Crippen molar-refractivity contribution in [3.05, 3.63) is 29.8 Å². The molecule has 2 rings (SSSR count). The van der Waals surface area contributed by atoms with Crippen molar-refractivity contribution < 1.29 is 4.79 Å². The molecule has 0 aliphatic heterocycles. The van der Waals surface area contributed by atoms with Gasteiger partial charge >= 0.3 is 0 Å². The van der Waals surface area contributed by atoms with Gasteiger partial charge in [-0.2, -0.15) is 0 Å². The second-order valence-electron chi connectivity index (χ2n) is 5.02. The fourth-order valence-corrected chi connectivity index (χ4v) is 2.68. The molecule has 0 radical (unpaired) electrons. The molecule has 0 saturated heterocycles. The van der Waals surface area contributed by atoms with E-state index in [1.165, 1.54) is 24.8 Å². The third-order valence-electron chi connectivity index (χ3n) is 3.76. The maximum Gasteiger partial charge on any atom is 0.229 e. The number of hydrogen-bond donors (Lipinski definition) is 0. The van der Waals surface area contributed by atoms with E-state index in [1.807, 2.05) is 30.1 Å². The van der Waals surface area contributed by atoms with Crippen LogP contribution in [0.2, 0.25) is 0 Å². The summed E-state index contributed by atoms with van der Waals surface area (Å²) < 4.78 is 0. The van der Waals surface area contributed by atoms with Crippen LogP contribution in [0.4, 0.5) is 5.69 Å². The Bertz CT molecular complexity index is 394. The summed E-state index contributed by atoms with van der Waals surface area (Å²) >= 11 is 0. The number of hydrogen-bond acceptors (Lipinski definition) is 1. The van der Waals surface area contributed by atoms with Crippen LogP contribution < -0.4 is 4.90 Å². The van der Waals surface area contributed by atoms with Gasteiger partial charge < -0.3 is 4.90 Å². The molecule has 92 valence electrons. The van der Waals surface area contributed by atoms with Gasteiger partial charge in [-0.1, -0.05) is 37.5 Å². The molecule has 0 heterocycles. The highest BCUT2D eigenvalue weighted by atomic mass is 16.2. The van der Waals surface area contributed by atoms with Crippen molar-refractivity contribution in [2.24, 2.45) is 5.92 Å². The highest BCUT2D eigenvalue weighted by Crippen LogP contribution is 2.27. The average Bonchev–Trinajstić information content (AvgIpc) is 2.39. The first-order valence-electron chi connectivity index (χ1n) is 6.53.